The van der Waals surface area contributed by atoms with Gasteiger partial charge in [-0.15, -0.1) is 0 Å². The first-order chi connectivity index (χ1) is 12.1. The monoisotopic (exact) mass is 336 g/mol. The van der Waals surface area contributed by atoms with Crippen molar-refractivity contribution < 1.29 is 4.79 Å². The first-order valence-corrected chi connectivity index (χ1v) is 8.81. The second kappa shape index (κ2) is 5.15. The second-order valence-electron chi connectivity index (χ2n) is 7.09. The normalized spacial score (nSPS) is 20.1. The quantitative estimate of drug-likeness (QED) is 0.720. The summed E-state index contributed by atoms with van der Waals surface area (Å²) in [6.45, 7) is 5.39. The minimum absolute atomic E-state index is 0.00794. The lowest BCUT2D eigenvalue weighted by molar-refractivity contribution is 0.0633. The number of nitrogens with zero attached hydrogens (tertiary/aromatic N) is 6. The molecule has 1 amide bonds. The molecular formula is C18H20N6O. The predicted molar refractivity (Wildman–Crippen MR) is 91.4 cm³/mol. The fourth-order valence-corrected chi connectivity index (χ4v) is 3.58. The first kappa shape index (κ1) is 14.6. The number of aromatic nitrogens is 5. The smallest absolute Gasteiger partial charge is 0.258 e. The van der Waals surface area contributed by atoms with E-state index >= 15 is 0 Å². The molecule has 0 radical (unpaired) electrons. The van der Waals surface area contributed by atoms with Gasteiger partial charge in [0.25, 0.3) is 5.91 Å². The van der Waals surface area contributed by atoms with Crippen LogP contribution in [0.5, 0.6) is 0 Å². The molecule has 7 nitrogen and oxygen atoms in total. The maximum atomic E-state index is 13.1. The lowest BCUT2D eigenvalue weighted by Crippen LogP contribution is -2.41. The van der Waals surface area contributed by atoms with Crippen LogP contribution in [0.1, 0.15) is 59.3 Å². The molecule has 0 saturated heterocycles. The van der Waals surface area contributed by atoms with E-state index < -0.39 is 0 Å². The molecule has 3 aromatic rings. The van der Waals surface area contributed by atoms with Gasteiger partial charge in [-0.2, -0.15) is 10.2 Å². The van der Waals surface area contributed by atoms with Crippen molar-refractivity contribution in [3.63, 3.8) is 0 Å². The highest BCUT2D eigenvalue weighted by Gasteiger charge is 2.35. The van der Waals surface area contributed by atoms with Gasteiger partial charge < -0.3 is 4.90 Å². The third-order valence-electron chi connectivity index (χ3n) is 5.21. The summed E-state index contributed by atoms with van der Waals surface area (Å²) in [5, 5.41) is 8.97. The summed E-state index contributed by atoms with van der Waals surface area (Å²) in [7, 11) is 0. The van der Waals surface area contributed by atoms with Crippen LogP contribution in [0.2, 0.25) is 0 Å². The van der Waals surface area contributed by atoms with Crippen LogP contribution in [0.4, 0.5) is 0 Å². The molecule has 0 bridgehead atoms. The van der Waals surface area contributed by atoms with E-state index in [0.29, 0.717) is 24.6 Å². The van der Waals surface area contributed by atoms with E-state index in [-0.39, 0.29) is 11.9 Å². The number of hydrogen-bond acceptors (Lipinski definition) is 4. The predicted octanol–water partition coefficient (Wildman–Crippen LogP) is 2.33. The summed E-state index contributed by atoms with van der Waals surface area (Å²) in [4.78, 5) is 19.8. The fraction of sp³-hybridized carbons (Fsp3) is 0.444. The van der Waals surface area contributed by atoms with Crippen molar-refractivity contribution >= 4 is 11.4 Å². The Morgan fingerprint density at radius 1 is 1.24 bits per heavy atom. The standard InChI is InChI=1S/C18H20N6O/c1-11-3-6-15-14(9-19-24(15)10-11)18(25)22-7-8-23-17(12(22)2)20-16(21-23)13-4-5-13/h3,6,9-10,12-13H,4-5,7-8H2,1-2H3/t12-/m1/s1. The molecule has 1 atom stereocenters. The Hall–Kier alpha value is -2.70. The Morgan fingerprint density at radius 2 is 2.08 bits per heavy atom. The van der Waals surface area contributed by atoms with Crippen LogP contribution >= 0.6 is 0 Å². The lowest BCUT2D eigenvalue weighted by Gasteiger charge is -2.32. The van der Waals surface area contributed by atoms with Crippen LogP contribution in [-0.2, 0) is 6.54 Å². The van der Waals surface area contributed by atoms with Gasteiger partial charge in [0.05, 0.1) is 29.9 Å². The first-order valence-electron chi connectivity index (χ1n) is 8.81. The minimum atomic E-state index is -0.0818. The van der Waals surface area contributed by atoms with Gasteiger partial charge in [0, 0.05) is 18.7 Å². The van der Waals surface area contributed by atoms with Gasteiger partial charge in [0.15, 0.2) is 5.82 Å². The maximum Gasteiger partial charge on any atom is 0.258 e. The lowest BCUT2D eigenvalue weighted by atomic mass is 10.1. The van der Waals surface area contributed by atoms with E-state index in [1.54, 1.807) is 10.7 Å². The second-order valence-corrected chi connectivity index (χ2v) is 7.09. The van der Waals surface area contributed by atoms with Crippen molar-refractivity contribution in [3.05, 3.63) is 47.3 Å². The Labute approximate surface area is 145 Å². The number of carbonyl (C=O) groups excluding carboxylic acids is 1. The van der Waals surface area contributed by atoms with E-state index in [1.165, 1.54) is 12.8 Å². The Kier molecular flexibility index (Phi) is 3.01. The molecule has 0 spiro atoms. The van der Waals surface area contributed by atoms with Gasteiger partial charge >= 0.3 is 0 Å². The van der Waals surface area contributed by atoms with Crippen LogP contribution in [0.15, 0.2) is 24.5 Å². The molecule has 1 fully saturated rings. The molecular weight excluding hydrogens is 316 g/mol. The van der Waals surface area contributed by atoms with Gasteiger partial charge in [0.2, 0.25) is 0 Å². The highest BCUT2D eigenvalue weighted by molar-refractivity contribution is 6.00. The van der Waals surface area contributed by atoms with E-state index in [4.69, 9.17) is 4.98 Å². The van der Waals surface area contributed by atoms with Crippen molar-refractivity contribution in [1.82, 2.24) is 29.3 Å². The number of aryl methyl sites for hydroxylation is 1. The van der Waals surface area contributed by atoms with Gasteiger partial charge in [-0.05, 0) is 38.3 Å². The summed E-state index contributed by atoms with van der Waals surface area (Å²) < 4.78 is 3.74. The van der Waals surface area contributed by atoms with Crippen LogP contribution in [-0.4, -0.2) is 41.7 Å². The Balaban J connectivity index is 1.48. The molecule has 25 heavy (non-hydrogen) atoms. The van der Waals surface area contributed by atoms with Crippen LogP contribution in [0.3, 0.4) is 0 Å². The van der Waals surface area contributed by atoms with Crippen LogP contribution in [0.25, 0.3) is 5.52 Å². The Morgan fingerprint density at radius 3 is 2.88 bits per heavy atom. The van der Waals surface area contributed by atoms with Gasteiger partial charge in [0.1, 0.15) is 5.82 Å². The molecule has 2 aliphatic rings. The third-order valence-corrected chi connectivity index (χ3v) is 5.21. The van der Waals surface area contributed by atoms with Crippen molar-refractivity contribution in [1.29, 1.82) is 0 Å². The zero-order chi connectivity index (χ0) is 17.1. The van der Waals surface area contributed by atoms with Gasteiger partial charge in [-0.3, -0.25) is 4.79 Å². The van der Waals surface area contributed by atoms with Crippen molar-refractivity contribution in [2.75, 3.05) is 6.54 Å². The number of hydrogen-bond donors (Lipinski definition) is 0. The summed E-state index contributed by atoms with van der Waals surface area (Å²) in [5.41, 5.74) is 2.59. The number of pyridine rings is 1. The van der Waals surface area contributed by atoms with Crippen molar-refractivity contribution in [2.45, 2.75) is 45.2 Å². The van der Waals surface area contributed by atoms with Crippen LogP contribution < -0.4 is 0 Å². The summed E-state index contributed by atoms with van der Waals surface area (Å²) >= 11 is 0. The summed E-state index contributed by atoms with van der Waals surface area (Å²) in [6.07, 6.45) is 5.97. The van der Waals surface area contributed by atoms with E-state index in [1.807, 2.05) is 41.8 Å². The molecule has 4 heterocycles. The van der Waals surface area contributed by atoms with E-state index in [2.05, 4.69) is 10.2 Å². The number of carbonyl (C=O) groups is 1. The molecule has 0 unspecified atom stereocenters. The minimum Gasteiger partial charge on any atom is -0.327 e. The van der Waals surface area contributed by atoms with Gasteiger partial charge in [-0.1, -0.05) is 6.07 Å². The van der Waals surface area contributed by atoms with E-state index in [0.717, 1.165) is 22.7 Å². The highest BCUT2D eigenvalue weighted by atomic mass is 16.2. The summed E-state index contributed by atoms with van der Waals surface area (Å²) in [5.74, 6) is 2.38. The molecule has 1 aliphatic heterocycles. The maximum absolute atomic E-state index is 13.1. The fourth-order valence-electron chi connectivity index (χ4n) is 3.58. The molecule has 0 aromatic carbocycles. The molecule has 1 saturated carbocycles. The number of amides is 1. The SMILES string of the molecule is Cc1ccc2c(C(=O)N3CCn4nc(C5CC5)nc4[C@H]3C)cnn2c1. The molecule has 1 aliphatic carbocycles. The van der Waals surface area contributed by atoms with Crippen LogP contribution in [0, 0.1) is 6.92 Å². The molecule has 7 heteroatoms. The summed E-state index contributed by atoms with van der Waals surface area (Å²) in [6, 6.07) is 3.88. The van der Waals surface area contributed by atoms with E-state index in [9.17, 15) is 4.79 Å². The zero-order valence-corrected chi connectivity index (χ0v) is 14.4. The molecule has 0 N–H and O–H groups in total. The number of fused-ring (bicyclic) bond motifs is 2. The highest BCUT2D eigenvalue weighted by Crippen LogP contribution is 2.39. The average molecular weight is 336 g/mol. The molecule has 3 aromatic heterocycles. The molecule has 128 valence electrons. The largest absolute Gasteiger partial charge is 0.327 e. The Bertz CT molecular complexity index is 983. The zero-order valence-electron chi connectivity index (χ0n) is 14.4. The van der Waals surface area contributed by atoms with Crippen molar-refractivity contribution in [3.8, 4) is 0 Å². The van der Waals surface area contributed by atoms with Gasteiger partial charge in [-0.25, -0.2) is 14.2 Å². The average Bonchev–Trinajstić information content (AvgIpc) is 3.22. The molecule has 5 rings (SSSR count). The third kappa shape index (κ3) is 2.26. The topological polar surface area (TPSA) is 68.3 Å². The number of rotatable bonds is 2. The van der Waals surface area contributed by atoms with Crippen molar-refractivity contribution in [2.24, 2.45) is 0 Å².